The second-order valence-electron chi connectivity index (χ2n) is 14.2. The predicted octanol–water partition coefficient (Wildman–Crippen LogP) is 14.4. The van der Waals surface area contributed by atoms with Crippen LogP contribution in [0.25, 0.3) is 71.2 Å². The van der Waals surface area contributed by atoms with Crippen LogP contribution in [-0.4, -0.2) is 4.40 Å². The first-order chi connectivity index (χ1) is 27.3. The van der Waals surface area contributed by atoms with Crippen molar-refractivity contribution < 1.29 is 8.83 Å². The monoisotopic (exact) mass is 705 g/mol. The Morgan fingerprint density at radius 1 is 0.327 bits per heavy atom. The average molecular weight is 706 g/mol. The fraction of sp³-hybridized carbons (Fsp3) is 0. The van der Waals surface area contributed by atoms with Crippen molar-refractivity contribution in [3.8, 4) is 0 Å². The zero-order valence-electron chi connectivity index (χ0n) is 29.6. The van der Waals surface area contributed by atoms with Crippen molar-refractivity contribution in [1.29, 1.82) is 0 Å². The van der Waals surface area contributed by atoms with Crippen LogP contribution in [0.3, 0.4) is 0 Å². The summed E-state index contributed by atoms with van der Waals surface area (Å²) in [6.07, 6.45) is 0. The van der Waals surface area contributed by atoms with Crippen LogP contribution >= 0.6 is 0 Å². The quantitative estimate of drug-likeness (QED) is 0.173. The zero-order valence-corrected chi connectivity index (χ0v) is 29.6. The van der Waals surface area contributed by atoms with E-state index >= 15 is 0 Å². The topological polar surface area (TPSA) is 37.2 Å². The minimum atomic E-state index is 0.798. The fourth-order valence-corrected chi connectivity index (χ4v) is 8.69. The van der Waals surface area contributed by atoms with Gasteiger partial charge in [0.05, 0.1) is 16.3 Å². The molecule has 4 heterocycles. The van der Waals surface area contributed by atoms with Gasteiger partial charge >= 0.3 is 0 Å². The zero-order chi connectivity index (χ0) is 36.0. The first-order valence-electron chi connectivity index (χ1n) is 18.6. The molecule has 0 unspecified atom stereocenters. The Balaban J connectivity index is 1.06. The summed E-state index contributed by atoms with van der Waals surface area (Å²) >= 11 is 0. The Hall–Kier alpha value is -7.50. The number of hydrogen-bond acceptors (Lipinski definition) is 4. The molecule has 0 aliphatic carbocycles. The molecule has 0 spiro atoms. The van der Waals surface area contributed by atoms with Gasteiger partial charge in [-0.1, -0.05) is 97.1 Å². The first-order valence-corrected chi connectivity index (χ1v) is 18.6. The molecule has 0 bridgehead atoms. The van der Waals surface area contributed by atoms with Crippen molar-refractivity contribution in [3.63, 3.8) is 0 Å². The van der Waals surface area contributed by atoms with E-state index in [0.29, 0.717) is 0 Å². The van der Waals surface area contributed by atoms with E-state index in [2.05, 4.69) is 190 Å². The SMILES string of the molecule is c1ccc(N(c2ccccc2)c2ccc3cc4oc5c(c4cc3c2)c2cccc3c4c6ccc(N(c7ccccc7)c7ccccc7)cc6oc4n5c32)cc1. The molecular formula is C50H31N3O2. The maximum absolute atomic E-state index is 6.88. The lowest BCUT2D eigenvalue weighted by molar-refractivity contribution is 0.624. The van der Waals surface area contributed by atoms with Gasteiger partial charge in [0.2, 0.25) is 11.4 Å². The summed E-state index contributed by atoms with van der Waals surface area (Å²) in [7, 11) is 0. The molecule has 55 heavy (non-hydrogen) atoms. The molecule has 12 rings (SSSR count). The fourth-order valence-electron chi connectivity index (χ4n) is 8.69. The van der Waals surface area contributed by atoms with Gasteiger partial charge in [0.1, 0.15) is 11.2 Å². The van der Waals surface area contributed by atoms with E-state index in [0.717, 1.165) is 105 Å². The molecule has 4 aromatic heterocycles. The van der Waals surface area contributed by atoms with Gasteiger partial charge in [0, 0.05) is 61.7 Å². The largest absolute Gasteiger partial charge is 0.439 e. The highest BCUT2D eigenvalue weighted by Gasteiger charge is 2.26. The molecule has 8 aromatic carbocycles. The summed E-state index contributed by atoms with van der Waals surface area (Å²) in [6, 6.07) is 66.3. The van der Waals surface area contributed by atoms with Gasteiger partial charge in [-0.3, -0.25) is 0 Å². The van der Waals surface area contributed by atoms with Gasteiger partial charge in [0.25, 0.3) is 0 Å². The Kier molecular flexibility index (Phi) is 6.27. The van der Waals surface area contributed by atoms with Gasteiger partial charge < -0.3 is 18.6 Å². The van der Waals surface area contributed by atoms with E-state index < -0.39 is 0 Å². The van der Waals surface area contributed by atoms with E-state index in [1.54, 1.807) is 0 Å². The molecule has 12 aromatic rings. The number of nitrogens with zero attached hydrogens (tertiary/aromatic N) is 3. The van der Waals surface area contributed by atoms with Crippen LogP contribution in [0.1, 0.15) is 0 Å². The summed E-state index contributed by atoms with van der Waals surface area (Å²) < 4.78 is 15.9. The van der Waals surface area contributed by atoms with Crippen LogP contribution in [0, 0.1) is 0 Å². The van der Waals surface area contributed by atoms with Crippen LogP contribution in [0.15, 0.2) is 197 Å². The highest BCUT2D eigenvalue weighted by molar-refractivity contribution is 6.31. The summed E-state index contributed by atoms with van der Waals surface area (Å²) in [5.74, 6) is 0. The standard InChI is InChI=1S/C50H31N3O2/c1-5-14-34(15-6-1)51(35-16-7-2-8-17-35)38-25-24-32-30-44-43(29-33(32)28-38)47-42-23-13-22-41-46-40-27-26-39(31-45(40)55-49(46)53(48(41)42)50(47)54-44)52(36-18-9-3-10-19-36)37-20-11-4-12-21-37/h1-31H. The normalized spacial score (nSPS) is 12.0. The summed E-state index contributed by atoms with van der Waals surface area (Å²) in [5, 5.41) is 8.98. The summed E-state index contributed by atoms with van der Waals surface area (Å²) in [4.78, 5) is 4.57. The minimum absolute atomic E-state index is 0.798. The number of aromatic nitrogens is 1. The summed E-state index contributed by atoms with van der Waals surface area (Å²) in [6.45, 7) is 0. The number of fused-ring (bicyclic) bond motifs is 11. The molecule has 0 aliphatic heterocycles. The third-order valence-corrected chi connectivity index (χ3v) is 11.0. The van der Waals surface area contributed by atoms with Crippen molar-refractivity contribution in [1.82, 2.24) is 4.40 Å². The smallest absolute Gasteiger partial charge is 0.216 e. The Labute approximate surface area is 315 Å². The van der Waals surface area contributed by atoms with Crippen LogP contribution in [-0.2, 0) is 0 Å². The molecule has 0 saturated heterocycles. The lowest BCUT2D eigenvalue weighted by Gasteiger charge is -2.25. The van der Waals surface area contributed by atoms with Crippen LogP contribution in [0.5, 0.6) is 0 Å². The molecule has 0 radical (unpaired) electrons. The molecule has 5 nitrogen and oxygen atoms in total. The lowest BCUT2D eigenvalue weighted by Crippen LogP contribution is -2.09. The number of rotatable bonds is 6. The molecular weight excluding hydrogens is 675 g/mol. The highest BCUT2D eigenvalue weighted by atomic mass is 16.4. The van der Waals surface area contributed by atoms with Crippen molar-refractivity contribution in [2.75, 3.05) is 9.80 Å². The van der Waals surface area contributed by atoms with Gasteiger partial charge in [-0.2, -0.15) is 0 Å². The molecule has 258 valence electrons. The van der Waals surface area contributed by atoms with Gasteiger partial charge in [-0.15, -0.1) is 0 Å². The number of para-hydroxylation sites is 5. The van der Waals surface area contributed by atoms with Crippen LogP contribution in [0.2, 0.25) is 0 Å². The van der Waals surface area contributed by atoms with E-state index in [9.17, 15) is 0 Å². The van der Waals surface area contributed by atoms with Gasteiger partial charge in [-0.05, 0) is 95.7 Å². The van der Waals surface area contributed by atoms with Crippen LogP contribution in [0.4, 0.5) is 34.1 Å². The number of benzene rings is 8. The van der Waals surface area contributed by atoms with E-state index in [1.807, 2.05) is 12.1 Å². The third kappa shape index (κ3) is 4.41. The minimum Gasteiger partial charge on any atom is -0.439 e. The molecule has 0 N–H and O–H groups in total. The van der Waals surface area contributed by atoms with Crippen molar-refractivity contribution in [2.24, 2.45) is 0 Å². The van der Waals surface area contributed by atoms with Gasteiger partial charge in [0.15, 0.2) is 0 Å². The third-order valence-electron chi connectivity index (χ3n) is 11.0. The predicted molar refractivity (Wildman–Crippen MR) is 228 cm³/mol. The number of anilines is 6. The second-order valence-corrected chi connectivity index (χ2v) is 14.2. The van der Waals surface area contributed by atoms with Crippen molar-refractivity contribution in [3.05, 3.63) is 188 Å². The van der Waals surface area contributed by atoms with Crippen molar-refractivity contribution >= 4 is 105 Å². The van der Waals surface area contributed by atoms with Crippen LogP contribution < -0.4 is 9.80 Å². The number of hydrogen-bond donors (Lipinski definition) is 0. The maximum atomic E-state index is 6.88. The second kappa shape index (κ2) is 11.5. The summed E-state index contributed by atoms with van der Waals surface area (Å²) in [5.41, 5.74) is 10.9. The molecule has 0 aliphatic rings. The Bertz CT molecular complexity index is 3290. The molecule has 0 atom stereocenters. The average Bonchev–Trinajstić information content (AvgIpc) is 3.97. The maximum Gasteiger partial charge on any atom is 0.216 e. The number of furan rings is 2. The van der Waals surface area contributed by atoms with E-state index in [4.69, 9.17) is 8.83 Å². The highest BCUT2D eigenvalue weighted by Crippen LogP contribution is 2.48. The molecule has 0 fully saturated rings. The molecule has 0 amide bonds. The first kappa shape index (κ1) is 30.0. The van der Waals surface area contributed by atoms with E-state index in [-0.39, 0.29) is 0 Å². The van der Waals surface area contributed by atoms with E-state index in [1.165, 1.54) is 0 Å². The van der Waals surface area contributed by atoms with Crippen molar-refractivity contribution in [2.45, 2.75) is 0 Å². The molecule has 5 heteroatoms. The Morgan fingerprint density at radius 3 is 1.35 bits per heavy atom. The Morgan fingerprint density at radius 2 is 0.800 bits per heavy atom. The molecule has 0 saturated carbocycles. The van der Waals surface area contributed by atoms with Gasteiger partial charge in [-0.25, -0.2) is 4.40 Å². The lowest BCUT2D eigenvalue weighted by atomic mass is 10.0.